The lowest BCUT2D eigenvalue weighted by Gasteiger charge is -2.02. The van der Waals surface area contributed by atoms with Crippen molar-refractivity contribution < 1.29 is 9.66 Å². The number of rotatable bonds is 6. The molecule has 2 aromatic rings. The molecule has 7 nitrogen and oxygen atoms in total. The van der Waals surface area contributed by atoms with Crippen molar-refractivity contribution in [3.63, 3.8) is 0 Å². The number of nitro groups is 1. The molecule has 20 heavy (non-hydrogen) atoms. The Balaban J connectivity index is 2.20. The van der Waals surface area contributed by atoms with Gasteiger partial charge in [-0.3, -0.25) is 10.1 Å². The highest BCUT2D eigenvalue weighted by atomic mass is 127. The molecule has 0 saturated carbocycles. The van der Waals surface area contributed by atoms with Crippen LogP contribution in [0.25, 0.3) is 5.69 Å². The zero-order chi connectivity index (χ0) is 14.5. The van der Waals surface area contributed by atoms with Gasteiger partial charge in [0.2, 0.25) is 0 Å². The molecule has 0 unspecified atom stereocenters. The smallest absolute Gasteiger partial charge is 0.269 e. The molecule has 0 N–H and O–H groups in total. The Hall–Kier alpha value is -1.81. The van der Waals surface area contributed by atoms with E-state index in [9.17, 15) is 10.1 Å². The average Bonchev–Trinajstić information content (AvgIpc) is 2.81. The molecule has 1 heterocycles. The Morgan fingerprint density at radius 2 is 2.15 bits per heavy atom. The van der Waals surface area contributed by atoms with Crippen molar-refractivity contribution in [2.24, 2.45) is 0 Å². The summed E-state index contributed by atoms with van der Waals surface area (Å²) in [4.78, 5) is 10.2. The lowest BCUT2D eigenvalue weighted by atomic mass is 10.3. The standard InChI is InChI=1S/C12H11IN4O3/c1-2-7-20-8-11-12(13)16(15-14-11)9-3-5-10(6-4-9)17(18)19/h2-6H,1,7-8H2. The molecular weight excluding hydrogens is 375 g/mol. The van der Waals surface area contributed by atoms with Gasteiger partial charge in [-0.1, -0.05) is 11.3 Å². The van der Waals surface area contributed by atoms with Crippen molar-refractivity contribution in [3.05, 3.63) is 56.4 Å². The van der Waals surface area contributed by atoms with E-state index in [1.54, 1.807) is 22.9 Å². The predicted octanol–water partition coefficient (Wildman–Crippen LogP) is 2.48. The summed E-state index contributed by atoms with van der Waals surface area (Å²) in [5.41, 5.74) is 1.46. The van der Waals surface area contributed by atoms with Gasteiger partial charge in [-0.25, -0.2) is 4.68 Å². The van der Waals surface area contributed by atoms with Crippen molar-refractivity contribution >= 4 is 28.3 Å². The van der Waals surface area contributed by atoms with Gasteiger partial charge in [0.25, 0.3) is 5.69 Å². The van der Waals surface area contributed by atoms with E-state index in [-0.39, 0.29) is 5.69 Å². The monoisotopic (exact) mass is 386 g/mol. The summed E-state index contributed by atoms with van der Waals surface area (Å²) >= 11 is 2.11. The molecule has 1 aromatic heterocycles. The lowest BCUT2D eigenvalue weighted by molar-refractivity contribution is -0.384. The first kappa shape index (κ1) is 14.6. The summed E-state index contributed by atoms with van der Waals surface area (Å²) in [7, 11) is 0. The molecule has 0 radical (unpaired) electrons. The van der Waals surface area contributed by atoms with Gasteiger partial charge in [0, 0.05) is 12.1 Å². The van der Waals surface area contributed by atoms with Gasteiger partial charge in [0.15, 0.2) is 0 Å². The molecule has 0 aliphatic carbocycles. The van der Waals surface area contributed by atoms with Crippen LogP contribution in [-0.2, 0) is 11.3 Å². The van der Waals surface area contributed by atoms with E-state index in [1.165, 1.54) is 12.1 Å². The van der Waals surface area contributed by atoms with Crippen molar-refractivity contribution in [2.45, 2.75) is 6.61 Å². The SMILES string of the molecule is C=CCOCc1nnn(-c2ccc([N+](=O)[O-])cc2)c1I. The van der Waals surface area contributed by atoms with Crippen LogP contribution in [0.4, 0.5) is 5.69 Å². The van der Waals surface area contributed by atoms with E-state index in [0.717, 1.165) is 3.70 Å². The average molecular weight is 386 g/mol. The number of benzene rings is 1. The Morgan fingerprint density at radius 1 is 1.45 bits per heavy atom. The van der Waals surface area contributed by atoms with E-state index in [2.05, 4.69) is 39.5 Å². The first-order chi connectivity index (χ1) is 9.63. The number of non-ortho nitro benzene ring substituents is 1. The summed E-state index contributed by atoms with van der Waals surface area (Å²) in [6.07, 6.45) is 1.66. The highest BCUT2D eigenvalue weighted by Crippen LogP contribution is 2.18. The first-order valence-corrected chi connectivity index (χ1v) is 6.75. The predicted molar refractivity (Wildman–Crippen MR) is 80.6 cm³/mol. The minimum Gasteiger partial charge on any atom is -0.371 e. The third kappa shape index (κ3) is 3.20. The van der Waals surface area contributed by atoms with E-state index < -0.39 is 4.92 Å². The summed E-state index contributed by atoms with van der Waals surface area (Å²) in [5.74, 6) is 0. The Morgan fingerprint density at radius 3 is 2.75 bits per heavy atom. The number of halogens is 1. The molecule has 104 valence electrons. The number of nitro benzene ring substituents is 1. The van der Waals surface area contributed by atoms with Crippen molar-refractivity contribution in [1.29, 1.82) is 0 Å². The summed E-state index contributed by atoms with van der Waals surface area (Å²) in [6, 6.07) is 6.12. The number of ether oxygens (including phenoxy) is 1. The van der Waals surface area contributed by atoms with Crippen LogP contribution in [0.5, 0.6) is 0 Å². The molecule has 0 amide bonds. The first-order valence-electron chi connectivity index (χ1n) is 5.67. The largest absolute Gasteiger partial charge is 0.371 e. The molecule has 0 aliphatic rings. The van der Waals surface area contributed by atoms with Gasteiger partial charge in [0.05, 0.1) is 23.8 Å². The van der Waals surface area contributed by atoms with Crippen LogP contribution in [-0.4, -0.2) is 26.5 Å². The van der Waals surface area contributed by atoms with Crippen molar-refractivity contribution in [1.82, 2.24) is 15.0 Å². The van der Waals surface area contributed by atoms with E-state index in [4.69, 9.17) is 4.74 Å². The van der Waals surface area contributed by atoms with E-state index in [1.807, 2.05) is 0 Å². The van der Waals surface area contributed by atoms with Gasteiger partial charge < -0.3 is 4.74 Å². The fraction of sp³-hybridized carbons (Fsp3) is 0.167. The lowest BCUT2D eigenvalue weighted by Crippen LogP contribution is -2.01. The summed E-state index contributed by atoms with van der Waals surface area (Å²) < 4.78 is 7.74. The quantitative estimate of drug-likeness (QED) is 0.251. The number of nitrogens with zero attached hydrogens (tertiary/aromatic N) is 4. The molecular formula is C12H11IN4O3. The normalized spacial score (nSPS) is 10.4. The number of aromatic nitrogens is 3. The maximum Gasteiger partial charge on any atom is 0.269 e. The van der Waals surface area contributed by atoms with Crippen LogP contribution in [0.3, 0.4) is 0 Å². The Labute approximate surface area is 128 Å². The second-order valence-electron chi connectivity index (χ2n) is 3.82. The van der Waals surface area contributed by atoms with E-state index >= 15 is 0 Å². The molecule has 0 saturated heterocycles. The van der Waals surface area contributed by atoms with Crippen LogP contribution in [0.1, 0.15) is 5.69 Å². The second kappa shape index (κ2) is 6.57. The minimum absolute atomic E-state index is 0.0402. The zero-order valence-electron chi connectivity index (χ0n) is 10.4. The fourth-order valence-corrected chi connectivity index (χ4v) is 2.15. The van der Waals surface area contributed by atoms with Crippen LogP contribution >= 0.6 is 22.6 Å². The maximum absolute atomic E-state index is 10.6. The topological polar surface area (TPSA) is 83.1 Å². The van der Waals surface area contributed by atoms with Crippen LogP contribution in [0.15, 0.2) is 36.9 Å². The third-order valence-corrected chi connectivity index (χ3v) is 3.54. The summed E-state index contributed by atoms with van der Waals surface area (Å²) in [5, 5.41) is 18.7. The molecule has 0 fully saturated rings. The van der Waals surface area contributed by atoms with Gasteiger partial charge in [-0.05, 0) is 34.7 Å². The Kier molecular flexibility index (Phi) is 4.79. The van der Waals surface area contributed by atoms with E-state index in [0.29, 0.717) is 24.6 Å². The van der Waals surface area contributed by atoms with Crippen molar-refractivity contribution in [3.8, 4) is 5.69 Å². The van der Waals surface area contributed by atoms with Crippen molar-refractivity contribution in [2.75, 3.05) is 6.61 Å². The third-order valence-electron chi connectivity index (χ3n) is 2.46. The van der Waals surface area contributed by atoms with Gasteiger partial charge >= 0.3 is 0 Å². The number of hydrogen-bond acceptors (Lipinski definition) is 5. The molecule has 2 rings (SSSR count). The van der Waals surface area contributed by atoms with Crippen LogP contribution in [0.2, 0.25) is 0 Å². The molecule has 8 heteroatoms. The number of hydrogen-bond donors (Lipinski definition) is 0. The van der Waals surface area contributed by atoms with Gasteiger partial charge in [-0.15, -0.1) is 11.7 Å². The molecule has 0 aliphatic heterocycles. The highest BCUT2D eigenvalue weighted by molar-refractivity contribution is 14.1. The summed E-state index contributed by atoms with van der Waals surface area (Å²) in [6.45, 7) is 4.36. The molecule has 0 atom stereocenters. The molecule has 1 aromatic carbocycles. The second-order valence-corrected chi connectivity index (χ2v) is 4.84. The van der Waals surface area contributed by atoms with Crippen LogP contribution in [0, 0.1) is 13.8 Å². The van der Waals surface area contributed by atoms with Gasteiger partial charge in [-0.2, -0.15) is 0 Å². The molecule has 0 spiro atoms. The zero-order valence-corrected chi connectivity index (χ0v) is 12.6. The Bertz CT molecular complexity index is 624. The van der Waals surface area contributed by atoms with Gasteiger partial charge in [0.1, 0.15) is 9.39 Å². The minimum atomic E-state index is -0.440. The fourth-order valence-electron chi connectivity index (χ4n) is 1.51. The highest BCUT2D eigenvalue weighted by Gasteiger charge is 2.12. The van der Waals surface area contributed by atoms with Crippen LogP contribution < -0.4 is 0 Å². The maximum atomic E-state index is 10.6. The molecule has 0 bridgehead atoms.